The van der Waals surface area contributed by atoms with Gasteiger partial charge in [-0.15, -0.1) is 0 Å². The second-order valence-corrected chi connectivity index (χ2v) is 7.41. The highest BCUT2D eigenvalue weighted by Gasteiger charge is 2.59. The van der Waals surface area contributed by atoms with E-state index < -0.39 is 11.1 Å². The number of nitrogens with zero attached hydrogens (tertiary/aromatic N) is 1. The largest absolute Gasteiger partial charge is 0.340 e. The van der Waals surface area contributed by atoms with Gasteiger partial charge in [-0.1, -0.05) is 46.0 Å². The van der Waals surface area contributed by atoms with Crippen LogP contribution in [0.25, 0.3) is 0 Å². The Morgan fingerprint density at radius 3 is 2.24 bits per heavy atom. The fraction of sp³-hybridized carbons (Fsp3) is 0.882. The fourth-order valence-corrected chi connectivity index (χ4v) is 4.44. The molecule has 2 amide bonds. The fourth-order valence-electron chi connectivity index (χ4n) is 4.44. The van der Waals surface area contributed by atoms with Crippen LogP contribution in [0.5, 0.6) is 0 Å². The summed E-state index contributed by atoms with van der Waals surface area (Å²) in [5.41, 5.74) is -1.10. The van der Waals surface area contributed by atoms with E-state index in [0.717, 1.165) is 64.3 Å². The quantitative estimate of drug-likeness (QED) is 0.869. The molecule has 2 saturated carbocycles. The molecule has 1 saturated heterocycles. The third-order valence-corrected chi connectivity index (χ3v) is 6.03. The highest BCUT2D eigenvalue weighted by molar-refractivity contribution is 6.02. The Morgan fingerprint density at radius 2 is 1.67 bits per heavy atom. The first-order valence-corrected chi connectivity index (χ1v) is 8.69. The lowest BCUT2D eigenvalue weighted by molar-refractivity contribution is -0.163. The molecule has 0 aromatic rings. The number of hydrogen-bond donors (Lipinski definition) is 1. The van der Waals surface area contributed by atoms with Gasteiger partial charge < -0.3 is 10.2 Å². The van der Waals surface area contributed by atoms with Gasteiger partial charge in [-0.3, -0.25) is 9.59 Å². The molecule has 1 atom stereocenters. The van der Waals surface area contributed by atoms with E-state index in [1.807, 2.05) is 4.90 Å². The van der Waals surface area contributed by atoms with Gasteiger partial charge in [-0.25, -0.2) is 0 Å². The van der Waals surface area contributed by atoms with Crippen LogP contribution in [0.15, 0.2) is 0 Å². The summed E-state index contributed by atoms with van der Waals surface area (Å²) in [6.07, 6.45) is 8.61. The molecule has 3 fully saturated rings. The number of carbonyl (C=O) groups is 2. The summed E-state index contributed by atoms with van der Waals surface area (Å²) in [6.45, 7) is 5.08. The van der Waals surface area contributed by atoms with Crippen LogP contribution >= 0.6 is 0 Å². The second-order valence-electron chi connectivity index (χ2n) is 7.41. The first-order valence-electron chi connectivity index (χ1n) is 8.69. The predicted molar refractivity (Wildman–Crippen MR) is 81.7 cm³/mol. The van der Waals surface area contributed by atoms with E-state index in [1.54, 1.807) is 0 Å². The topological polar surface area (TPSA) is 49.4 Å². The van der Waals surface area contributed by atoms with E-state index in [1.165, 1.54) is 0 Å². The molecule has 3 aliphatic rings. The van der Waals surface area contributed by atoms with Gasteiger partial charge >= 0.3 is 0 Å². The lowest BCUT2D eigenvalue weighted by atomic mass is 9.82. The van der Waals surface area contributed by atoms with E-state index in [2.05, 4.69) is 19.2 Å². The minimum Gasteiger partial charge on any atom is -0.340 e. The Hall–Kier alpha value is -1.06. The van der Waals surface area contributed by atoms with Gasteiger partial charge in [0.05, 0.1) is 0 Å². The Kier molecular flexibility index (Phi) is 3.74. The van der Waals surface area contributed by atoms with Crippen molar-refractivity contribution in [2.24, 2.45) is 5.92 Å². The minimum atomic E-state index is -0.571. The zero-order valence-electron chi connectivity index (χ0n) is 13.4. The minimum absolute atomic E-state index is 0.129. The standard InChI is InChI=1S/C17H28N2O2/c1-3-13(2)12-19-15(21)16(8-4-5-9-16)18-14(20)17(19)10-6-7-11-17/h13H,3-12H2,1-2H3,(H,18,20). The average Bonchev–Trinajstić information content (AvgIpc) is 3.12. The summed E-state index contributed by atoms with van der Waals surface area (Å²) in [5.74, 6) is 0.794. The van der Waals surface area contributed by atoms with Crippen molar-refractivity contribution in [3.8, 4) is 0 Å². The zero-order valence-corrected chi connectivity index (χ0v) is 13.4. The van der Waals surface area contributed by atoms with Gasteiger partial charge in [0.25, 0.3) is 0 Å². The molecule has 1 unspecified atom stereocenters. The highest BCUT2D eigenvalue weighted by atomic mass is 16.2. The van der Waals surface area contributed by atoms with Crippen LogP contribution in [-0.4, -0.2) is 34.3 Å². The van der Waals surface area contributed by atoms with Crippen molar-refractivity contribution < 1.29 is 9.59 Å². The SMILES string of the molecule is CCC(C)CN1C(=O)C2(CCCC2)NC(=O)C12CCCC2. The molecule has 4 nitrogen and oxygen atoms in total. The Balaban J connectivity index is 1.94. The Labute approximate surface area is 127 Å². The number of nitrogens with one attached hydrogen (secondary N) is 1. The molecule has 2 aliphatic carbocycles. The third kappa shape index (κ3) is 2.18. The van der Waals surface area contributed by atoms with E-state index in [4.69, 9.17) is 0 Å². The van der Waals surface area contributed by atoms with Gasteiger partial charge in [0.15, 0.2) is 0 Å². The summed E-state index contributed by atoms with van der Waals surface area (Å²) in [5, 5.41) is 3.17. The molecule has 2 spiro atoms. The summed E-state index contributed by atoms with van der Waals surface area (Å²) in [7, 11) is 0. The van der Waals surface area contributed by atoms with Crippen LogP contribution in [0.2, 0.25) is 0 Å². The third-order valence-electron chi connectivity index (χ3n) is 6.03. The summed E-state index contributed by atoms with van der Waals surface area (Å²) < 4.78 is 0. The molecule has 1 aliphatic heterocycles. The summed E-state index contributed by atoms with van der Waals surface area (Å²) in [4.78, 5) is 28.1. The van der Waals surface area contributed by atoms with Gasteiger partial charge in [0.1, 0.15) is 11.1 Å². The molecular formula is C17H28N2O2. The van der Waals surface area contributed by atoms with Gasteiger partial charge in [-0.05, 0) is 31.6 Å². The molecule has 118 valence electrons. The normalized spacial score (nSPS) is 28.4. The van der Waals surface area contributed by atoms with Crippen LogP contribution in [0.1, 0.15) is 71.6 Å². The number of amides is 2. The number of piperazine rings is 1. The van der Waals surface area contributed by atoms with Crippen molar-refractivity contribution in [1.82, 2.24) is 10.2 Å². The maximum Gasteiger partial charge on any atom is 0.249 e. The summed E-state index contributed by atoms with van der Waals surface area (Å²) >= 11 is 0. The molecule has 1 N–H and O–H groups in total. The van der Waals surface area contributed by atoms with E-state index in [0.29, 0.717) is 5.92 Å². The van der Waals surface area contributed by atoms with Crippen molar-refractivity contribution in [2.75, 3.05) is 6.54 Å². The number of rotatable bonds is 3. The van der Waals surface area contributed by atoms with Crippen molar-refractivity contribution in [1.29, 1.82) is 0 Å². The van der Waals surface area contributed by atoms with Crippen LogP contribution in [-0.2, 0) is 9.59 Å². The molecule has 21 heavy (non-hydrogen) atoms. The second kappa shape index (κ2) is 5.29. The van der Waals surface area contributed by atoms with Crippen LogP contribution < -0.4 is 5.32 Å². The molecule has 4 heteroatoms. The predicted octanol–water partition coefficient (Wildman–Crippen LogP) is 2.62. The molecule has 1 heterocycles. The Bertz CT molecular complexity index is 434. The molecule has 0 radical (unpaired) electrons. The van der Waals surface area contributed by atoms with E-state index in [-0.39, 0.29) is 11.8 Å². The van der Waals surface area contributed by atoms with Crippen molar-refractivity contribution in [2.45, 2.75) is 82.7 Å². The molecular weight excluding hydrogens is 264 g/mol. The van der Waals surface area contributed by atoms with Gasteiger partial charge in [0.2, 0.25) is 11.8 Å². The molecule has 0 aromatic heterocycles. The van der Waals surface area contributed by atoms with Crippen LogP contribution in [0, 0.1) is 5.92 Å². The van der Waals surface area contributed by atoms with Crippen molar-refractivity contribution >= 4 is 11.8 Å². The Morgan fingerprint density at radius 1 is 1.10 bits per heavy atom. The molecule has 3 rings (SSSR count). The first kappa shape index (κ1) is 14.9. The molecule has 0 aromatic carbocycles. The van der Waals surface area contributed by atoms with Crippen LogP contribution in [0.3, 0.4) is 0 Å². The van der Waals surface area contributed by atoms with E-state index >= 15 is 0 Å². The lowest BCUT2D eigenvalue weighted by Crippen LogP contribution is -2.74. The maximum absolute atomic E-state index is 13.2. The molecule has 0 bridgehead atoms. The summed E-state index contributed by atoms with van der Waals surface area (Å²) in [6, 6.07) is 0. The highest BCUT2D eigenvalue weighted by Crippen LogP contribution is 2.44. The average molecular weight is 292 g/mol. The van der Waals surface area contributed by atoms with Gasteiger partial charge in [0, 0.05) is 6.54 Å². The monoisotopic (exact) mass is 292 g/mol. The maximum atomic E-state index is 13.2. The van der Waals surface area contributed by atoms with Crippen molar-refractivity contribution in [3.05, 3.63) is 0 Å². The zero-order chi connectivity index (χ0) is 15.1. The number of hydrogen-bond acceptors (Lipinski definition) is 2. The van der Waals surface area contributed by atoms with E-state index in [9.17, 15) is 9.59 Å². The van der Waals surface area contributed by atoms with Gasteiger partial charge in [-0.2, -0.15) is 0 Å². The first-order chi connectivity index (χ1) is 10.0. The lowest BCUT2D eigenvalue weighted by Gasteiger charge is -2.51. The number of carbonyl (C=O) groups excluding carboxylic acids is 2. The van der Waals surface area contributed by atoms with Crippen molar-refractivity contribution in [3.63, 3.8) is 0 Å². The van der Waals surface area contributed by atoms with Crippen LogP contribution in [0.4, 0.5) is 0 Å². The smallest absolute Gasteiger partial charge is 0.249 e.